The first kappa shape index (κ1) is 13.0. The summed E-state index contributed by atoms with van der Waals surface area (Å²) in [7, 11) is 0. The SMILES string of the molecule is CCN(CC)c1ccc(NS(=O)[O-])c(C)c1. The van der Waals surface area contributed by atoms with Crippen LogP contribution in [0.25, 0.3) is 0 Å². The monoisotopic (exact) mass is 241 g/mol. The van der Waals surface area contributed by atoms with Crippen LogP contribution in [0.15, 0.2) is 18.2 Å². The molecule has 1 N–H and O–H groups in total. The van der Waals surface area contributed by atoms with Crippen molar-refractivity contribution in [1.29, 1.82) is 0 Å². The maximum atomic E-state index is 10.5. The van der Waals surface area contributed by atoms with Crippen molar-refractivity contribution in [2.75, 3.05) is 22.7 Å². The molecule has 0 radical (unpaired) electrons. The fourth-order valence-corrected chi connectivity index (χ4v) is 2.05. The van der Waals surface area contributed by atoms with E-state index in [0.717, 1.165) is 24.3 Å². The molecule has 1 aromatic carbocycles. The molecule has 0 aliphatic heterocycles. The van der Waals surface area contributed by atoms with Gasteiger partial charge in [0.25, 0.3) is 0 Å². The Hall–Kier alpha value is -1.07. The molecule has 90 valence electrons. The fourth-order valence-electron chi connectivity index (χ4n) is 1.64. The van der Waals surface area contributed by atoms with Gasteiger partial charge < -0.3 is 14.2 Å². The van der Waals surface area contributed by atoms with E-state index in [1.165, 1.54) is 0 Å². The van der Waals surface area contributed by atoms with E-state index in [1.54, 1.807) is 6.07 Å². The minimum Gasteiger partial charge on any atom is -0.755 e. The lowest BCUT2D eigenvalue weighted by atomic mass is 10.1. The third kappa shape index (κ3) is 3.21. The number of rotatable bonds is 5. The minimum absolute atomic E-state index is 0.629. The molecule has 0 bridgehead atoms. The van der Waals surface area contributed by atoms with Crippen LogP contribution < -0.4 is 9.62 Å². The Bertz CT molecular complexity index is 378. The Morgan fingerprint density at radius 1 is 1.38 bits per heavy atom. The molecule has 0 aliphatic carbocycles. The highest BCUT2D eigenvalue weighted by Crippen LogP contribution is 2.22. The average molecular weight is 241 g/mol. The predicted octanol–water partition coefficient (Wildman–Crippen LogP) is 2.05. The number of hydrogen-bond donors (Lipinski definition) is 1. The van der Waals surface area contributed by atoms with E-state index in [-0.39, 0.29) is 0 Å². The van der Waals surface area contributed by atoms with Crippen molar-refractivity contribution in [3.8, 4) is 0 Å². The van der Waals surface area contributed by atoms with Gasteiger partial charge in [0.05, 0.1) is 0 Å². The molecule has 0 spiro atoms. The summed E-state index contributed by atoms with van der Waals surface area (Å²) >= 11 is -2.26. The van der Waals surface area contributed by atoms with Gasteiger partial charge >= 0.3 is 0 Å². The molecule has 4 nitrogen and oxygen atoms in total. The van der Waals surface area contributed by atoms with E-state index in [9.17, 15) is 8.76 Å². The number of aryl methyl sites for hydroxylation is 1. The lowest BCUT2D eigenvalue weighted by molar-refractivity contribution is 0.542. The molecule has 1 aromatic rings. The van der Waals surface area contributed by atoms with Gasteiger partial charge in [0, 0.05) is 35.7 Å². The van der Waals surface area contributed by atoms with Gasteiger partial charge in [-0.2, -0.15) is 0 Å². The number of nitrogens with one attached hydrogen (secondary N) is 1. The minimum atomic E-state index is -2.26. The topological polar surface area (TPSA) is 55.4 Å². The predicted molar refractivity (Wildman–Crippen MR) is 67.3 cm³/mol. The summed E-state index contributed by atoms with van der Waals surface area (Å²) < 4.78 is 23.4. The van der Waals surface area contributed by atoms with Crippen LogP contribution in [-0.4, -0.2) is 21.9 Å². The normalized spacial score (nSPS) is 12.2. The van der Waals surface area contributed by atoms with Gasteiger partial charge in [0.1, 0.15) is 0 Å². The lowest BCUT2D eigenvalue weighted by Gasteiger charge is -2.22. The quantitative estimate of drug-likeness (QED) is 0.803. The molecule has 0 saturated carbocycles. The molecule has 1 rings (SSSR count). The summed E-state index contributed by atoms with van der Waals surface area (Å²) in [4.78, 5) is 2.21. The van der Waals surface area contributed by atoms with Crippen molar-refractivity contribution in [2.24, 2.45) is 0 Å². The molecule has 5 heteroatoms. The third-order valence-electron chi connectivity index (χ3n) is 2.53. The molecule has 0 fully saturated rings. The fraction of sp³-hybridized carbons (Fsp3) is 0.455. The Morgan fingerprint density at radius 2 is 2.00 bits per heavy atom. The number of anilines is 2. The van der Waals surface area contributed by atoms with Gasteiger partial charge in [-0.25, -0.2) is 0 Å². The van der Waals surface area contributed by atoms with Crippen LogP contribution in [0, 0.1) is 6.92 Å². The average Bonchev–Trinajstić information content (AvgIpc) is 2.23. The zero-order chi connectivity index (χ0) is 12.1. The largest absolute Gasteiger partial charge is 0.755 e. The molecule has 0 aliphatic rings. The smallest absolute Gasteiger partial charge is 0.0483 e. The van der Waals surface area contributed by atoms with Crippen molar-refractivity contribution in [1.82, 2.24) is 0 Å². The van der Waals surface area contributed by atoms with Crippen LogP contribution in [0.3, 0.4) is 0 Å². The van der Waals surface area contributed by atoms with Crippen LogP contribution >= 0.6 is 0 Å². The van der Waals surface area contributed by atoms with E-state index in [1.807, 2.05) is 19.1 Å². The molecule has 0 amide bonds. The van der Waals surface area contributed by atoms with Crippen LogP contribution in [-0.2, 0) is 11.3 Å². The Morgan fingerprint density at radius 3 is 2.44 bits per heavy atom. The molecule has 1 atom stereocenters. The zero-order valence-corrected chi connectivity index (χ0v) is 10.6. The first-order valence-corrected chi connectivity index (χ1v) is 6.37. The lowest BCUT2D eigenvalue weighted by Crippen LogP contribution is -2.21. The highest BCUT2D eigenvalue weighted by Gasteiger charge is 2.04. The maximum absolute atomic E-state index is 10.5. The van der Waals surface area contributed by atoms with Crippen molar-refractivity contribution < 1.29 is 8.76 Å². The summed E-state index contributed by atoms with van der Waals surface area (Å²) in [6, 6.07) is 5.70. The van der Waals surface area contributed by atoms with Crippen molar-refractivity contribution in [2.45, 2.75) is 20.8 Å². The van der Waals surface area contributed by atoms with Crippen LogP contribution in [0.5, 0.6) is 0 Å². The molecule has 0 saturated heterocycles. The summed E-state index contributed by atoms with van der Waals surface area (Å²) in [6.07, 6.45) is 0. The van der Waals surface area contributed by atoms with Gasteiger partial charge in [-0.1, -0.05) is 0 Å². The van der Waals surface area contributed by atoms with Crippen LogP contribution in [0.4, 0.5) is 11.4 Å². The van der Waals surface area contributed by atoms with Gasteiger partial charge in [-0.05, 0) is 44.5 Å². The first-order chi connectivity index (χ1) is 7.58. The van der Waals surface area contributed by atoms with Crippen molar-refractivity contribution >= 4 is 22.6 Å². The van der Waals surface area contributed by atoms with Crippen LogP contribution in [0.1, 0.15) is 19.4 Å². The standard InChI is InChI=1S/C11H18N2O2S/c1-4-13(5-2)10-6-7-11(9(3)8-10)12-16(14)15/h6-8,12H,4-5H2,1-3H3,(H,14,15)/p-1. The second-order valence-corrected chi connectivity index (χ2v) is 4.18. The maximum Gasteiger partial charge on any atom is 0.0483 e. The Kier molecular flexibility index (Phi) is 4.76. The summed E-state index contributed by atoms with van der Waals surface area (Å²) in [5.74, 6) is 0. The summed E-state index contributed by atoms with van der Waals surface area (Å²) in [5.41, 5.74) is 2.67. The first-order valence-electron chi connectivity index (χ1n) is 5.30. The van der Waals surface area contributed by atoms with Gasteiger partial charge in [-0.15, -0.1) is 0 Å². The molecular formula is C11H17N2O2S-. The summed E-state index contributed by atoms with van der Waals surface area (Å²) in [6.45, 7) is 7.96. The van der Waals surface area contributed by atoms with E-state index < -0.39 is 11.3 Å². The second kappa shape index (κ2) is 5.86. The van der Waals surface area contributed by atoms with E-state index in [4.69, 9.17) is 0 Å². The number of nitrogens with zero attached hydrogens (tertiary/aromatic N) is 1. The summed E-state index contributed by atoms with van der Waals surface area (Å²) in [5, 5.41) is 0. The van der Waals surface area contributed by atoms with Gasteiger partial charge in [0.15, 0.2) is 0 Å². The molecular weight excluding hydrogens is 224 g/mol. The Balaban J connectivity index is 2.93. The zero-order valence-electron chi connectivity index (χ0n) is 9.82. The third-order valence-corrected chi connectivity index (χ3v) is 2.92. The van der Waals surface area contributed by atoms with Gasteiger partial charge in [0.2, 0.25) is 0 Å². The molecule has 16 heavy (non-hydrogen) atoms. The van der Waals surface area contributed by atoms with Crippen molar-refractivity contribution in [3.63, 3.8) is 0 Å². The van der Waals surface area contributed by atoms with Gasteiger partial charge in [-0.3, -0.25) is 4.21 Å². The number of hydrogen-bond acceptors (Lipinski definition) is 3. The second-order valence-electron chi connectivity index (χ2n) is 3.51. The Labute approximate surface area is 99.1 Å². The van der Waals surface area contributed by atoms with E-state index in [2.05, 4.69) is 23.5 Å². The molecule has 1 unspecified atom stereocenters. The molecule has 0 heterocycles. The number of benzene rings is 1. The van der Waals surface area contributed by atoms with Crippen molar-refractivity contribution in [3.05, 3.63) is 23.8 Å². The van der Waals surface area contributed by atoms with Crippen LogP contribution in [0.2, 0.25) is 0 Å². The van der Waals surface area contributed by atoms with E-state index in [0.29, 0.717) is 5.69 Å². The molecule has 0 aromatic heterocycles. The highest BCUT2D eigenvalue weighted by atomic mass is 32.2. The highest BCUT2D eigenvalue weighted by molar-refractivity contribution is 7.80. The van der Waals surface area contributed by atoms with E-state index >= 15 is 0 Å².